The van der Waals surface area contributed by atoms with Crippen molar-refractivity contribution in [1.29, 1.82) is 0 Å². The van der Waals surface area contributed by atoms with Gasteiger partial charge >= 0.3 is 0 Å². The molecule has 2 unspecified atom stereocenters. The molecule has 1 amide bonds. The molecule has 4 nitrogen and oxygen atoms in total. The smallest absolute Gasteiger partial charge is 0.239 e. The van der Waals surface area contributed by atoms with Crippen molar-refractivity contribution >= 4 is 29.1 Å². The number of rotatable bonds is 4. The predicted molar refractivity (Wildman–Crippen MR) is 80.5 cm³/mol. The predicted octanol–water partition coefficient (Wildman–Crippen LogP) is 2.20. The van der Waals surface area contributed by atoms with Gasteiger partial charge in [-0.2, -0.15) is 0 Å². The quantitative estimate of drug-likeness (QED) is 0.895. The Balaban J connectivity index is 1.91. The molecule has 1 heterocycles. The summed E-state index contributed by atoms with van der Waals surface area (Å²) >= 11 is 12.3. The molecule has 0 aliphatic carbocycles. The van der Waals surface area contributed by atoms with Gasteiger partial charge in [-0.1, -0.05) is 36.2 Å². The zero-order chi connectivity index (χ0) is 14.5. The van der Waals surface area contributed by atoms with E-state index in [1.165, 1.54) is 0 Å². The summed E-state index contributed by atoms with van der Waals surface area (Å²) in [7, 11) is 0. The van der Waals surface area contributed by atoms with E-state index in [-0.39, 0.29) is 17.9 Å². The molecule has 0 aromatic heterocycles. The third-order valence-corrected chi connectivity index (χ3v) is 3.97. The molecule has 0 spiro atoms. The van der Waals surface area contributed by atoms with Gasteiger partial charge in [-0.05, 0) is 17.7 Å². The molecule has 2 N–H and O–H groups in total. The van der Waals surface area contributed by atoms with E-state index >= 15 is 0 Å². The molecule has 0 bridgehead atoms. The fourth-order valence-corrected chi connectivity index (χ4v) is 2.96. The Kier molecular flexibility index (Phi) is 5.66. The highest BCUT2D eigenvalue weighted by Gasteiger charge is 2.22. The van der Waals surface area contributed by atoms with Gasteiger partial charge in [0.25, 0.3) is 0 Å². The number of amides is 1. The first-order valence-electron chi connectivity index (χ1n) is 6.62. The molecule has 1 aromatic rings. The van der Waals surface area contributed by atoms with Crippen molar-refractivity contribution in [2.75, 3.05) is 26.3 Å². The van der Waals surface area contributed by atoms with Crippen molar-refractivity contribution in [2.24, 2.45) is 0 Å². The largest absolute Gasteiger partial charge is 0.378 e. The van der Waals surface area contributed by atoms with E-state index in [0.717, 1.165) is 5.56 Å². The molecule has 0 radical (unpaired) electrons. The average molecular weight is 317 g/mol. The fraction of sp³-hybridized carbons (Fsp3) is 0.500. The number of hydrogen-bond acceptors (Lipinski definition) is 3. The second-order valence-electron chi connectivity index (χ2n) is 4.86. The molecule has 2 rings (SSSR count). The van der Waals surface area contributed by atoms with Gasteiger partial charge in [0, 0.05) is 29.1 Å². The van der Waals surface area contributed by atoms with Gasteiger partial charge in [0.05, 0.1) is 13.2 Å². The molecule has 1 saturated heterocycles. The van der Waals surface area contributed by atoms with Crippen LogP contribution in [0.1, 0.15) is 18.4 Å². The first-order valence-corrected chi connectivity index (χ1v) is 7.38. The maximum Gasteiger partial charge on any atom is 0.239 e. The van der Waals surface area contributed by atoms with E-state index in [9.17, 15) is 4.79 Å². The molecule has 2 atom stereocenters. The second-order valence-corrected chi connectivity index (χ2v) is 5.68. The summed E-state index contributed by atoms with van der Waals surface area (Å²) in [4.78, 5) is 12.0. The van der Waals surface area contributed by atoms with Crippen LogP contribution < -0.4 is 10.6 Å². The van der Waals surface area contributed by atoms with Crippen LogP contribution in [0.2, 0.25) is 10.0 Å². The van der Waals surface area contributed by atoms with Crippen LogP contribution in [0.15, 0.2) is 18.2 Å². The van der Waals surface area contributed by atoms with Gasteiger partial charge in [0.15, 0.2) is 0 Å². The SMILES string of the molecule is CC(CNC(=O)C1COCCN1)c1c(Cl)cccc1Cl. The first kappa shape index (κ1) is 15.6. The number of hydrogen-bond donors (Lipinski definition) is 2. The number of nitrogens with one attached hydrogen (secondary N) is 2. The Bertz CT molecular complexity index is 456. The van der Waals surface area contributed by atoms with Crippen LogP contribution in [0.5, 0.6) is 0 Å². The summed E-state index contributed by atoms with van der Waals surface area (Å²) < 4.78 is 5.27. The summed E-state index contributed by atoms with van der Waals surface area (Å²) in [5, 5.41) is 7.27. The molecule has 1 aromatic carbocycles. The van der Waals surface area contributed by atoms with Crippen LogP contribution in [-0.2, 0) is 9.53 Å². The van der Waals surface area contributed by atoms with Gasteiger partial charge in [0.1, 0.15) is 6.04 Å². The van der Waals surface area contributed by atoms with Crippen molar-refractivity contribution in [2.45, 2.75) is 18.9 Å². The van der Waals surface area contributed by atoms with E-state index in [0.29, 0.717) is 36.3 Å². The van der Waals surface area contributed by atoms with Crippen LogP contribution in [0.25, 0.3) is 0 Å². The number of morpholine rings is 1. The highest BCUT2D eigenvalue weighted by molar-refractivity contribution is 6.36. The monoisotopic (exact) mass is 316 g/mol. The zero-order valence-corrected chi connectivity index (χ0v) is 12.8. The number of benzene rings is 1. The molecule has 6 heteroatoms. The second kappa shape index (κ2) is 7.27. The number of ether oxygens (including phenoxy) is 1. The van der Waals surface area contributed by atoms with Crippen LogP contribution in [0, 0.1) is 0 Å². The Labute approximate surface area is 128 Å². The highest BCUT2D eigenvalue weighted by Crippen LogP contribution is 2.30. The van der Waals surface area contributed by atoms with Crippen LogP contribution >= 0.6 is 23.2 Å². The van der Waals surface area contributed by atoms with Crippen molar-refractivity contribution in [3.8, 4) is 0 Å². The Morgan fingerprint density at radius 3 is 2.80 bits per heavy atom. The van der Waals surface area contributed by atoms with Gasteiger partial charge < -0.3 is 15.4 Å². The topological polar surface area (TPSA) is 50.4 Å². The van der Waals surface area contributed by atoms with E-state index in [1.54, 1.807) is 12.1 Å². The Morgan fingerprint density at radius 2 is 2.20 bits per heavy atom. The Morgan fingerprint density at radius 1 is 1.50 bits per heavy atom. The fourth-order valence-electron chi connectivity index (χ4n) is 2.19. The van der Waals surface area contributed by atoms with Gasteiger partial charge in [-0.25, -0.2) is 0 Å². The molecule has 1 aliphatic heterocycles. The maximum absolute atomic E-state index is 12.0. The minimum atomic E-state index is -0.280. The normalized spacial score (nSPS) is 20.4. The average Bonchev–Trinajstić information content (AvgIpc) is 2.45. The van der Waals surface area contributed by atoms with Crippen molar-refractivity contribution in [3.63, 3.8) is 0 Å². The minimum absolute atomic E-state index is 0.0460. The summed E-state index contributed by atoms with van der Waals surface area (Å²) in [6.45, 7) is 4.23. The lowest BCUT2D eigenvalue weighted by molar-refractivity contribution is -0.125. The molecule has 0 saturated carbocycles. The van der Waals surface area contributed by atoms with Gasteiger partial charge in [-0.3, -0.25) is 4.79 Å². The summed E-state index contributed by atoms with van der Waals surface area (Å²) in [5.74, 6) is -0.00983. The number of carbonyl (C=O) groups is 1. The van der Waals surface area contributed by atoms with Crippen LogP contribution in [0.4, 0.5) is 0 Å². The van der Waals surface area contributed by atoms with E-state index in [1.807, 2.05) is 13.0 Å². The molecular weight excluding hydrogens is 299 g/mol. The molecule has 1 fully saturated rings. The molecule has 1 aliphatic rings. The molecule has 110 valence electrons. The van der Waals surface area contributed by atoms with E-state index in [4.69, 9.17) is 27.9 Å². The van der Waals surface area contributed by atoms with Gasteiger partial charge in [-0.15, -0.1) is 0 Å². The third kappa shape index (κ3) is 3.85. The van der Waals surface area contributed by atoms with E-state index in [2.05, 4.69) is 10.6 Å². The molecular formula is C14H18Cl2N2O2. The van der Waals surface area contributed by atoms with Crippen molar-refractivity contribution in [1.82, 2.24) is 10.6 Å². The number of halogens is 2. The minimum Gasteiger partial charge on any atom is -0.378 e. The lowest BCUT2D eigenvalue weighted by Gasteiger charge is -2.24. The maximum atomic E-state index is 12.0. The third-order valence-electron chi connectivity index (χ3n) is 3.31. The first-order chi connectivity index (χ1) is 9.59. The standard InChI is InChI=1S/C14H18Cl2N2O2/c1-9(13-10(15)3-2-4-11(13)16)7-18-14(19)12-8-20-6-5-17-12/h2-4,9,12,17H,5-8H2,1H3,(H,18,19). The van der Waals surface area contributed by atoms with Crippen molar-refractivity contribution < 1.29 is 9.53 Å². The Hall–Kier alpha value is -0.810. The summed E-state index contributed by atoms with van der Waals surface area (Å²) in [5.41, 5.74) is 0.865. The lowest BCUT2D eigenvalue weighted by atomic mass is 10.0. The number of carbonyl (C=O) groups excluding carboxylic acids is 1. The molecule has 20 heavy (non-hydrogen) atoms. The van der Waals surface area contributed by atoms with Gasteiger partial charge in [0.2, 0.25) is 5.91 Å². The zero-order valence-electron chi connectivity index (χ0n) is 11.3. The highest BCUT2D eigenvalue weighted by atomic mass is 35.5. The van der Waals surface area contributed by atoms with E-state index < -0.39 is 0 Å². The lowest BCUT2D eigenvalue weighted by Crippen LogP contribution is -2.51. The van der Waals surface area contributed by atoms with Crippen LogP contribution in [-0.4, -0.2) is 38.3 Å². The van der Waals surface area contributed by atoms with Crippen LogP contribution in [0.3, 0.4) is 0 Å². The van der Waals surface area contributed by atoms with Crippen molar-refractivity contribution in [3.05, 3.63) is 33.8 Å². The summed E-state index contributed by atoms with van der Waals surface area (Å²) in [6.07, 6.45) is 0. The summed E-state index contributed by atoms with van der Waals surface area (Å²) in [6, 6.07) is 5.13.